The summed E-state index contributed by atoms with van der Waals surface area (Å²) in [5, 5.41) is 7.33. The highest BCUT2D eigenvalue weighted by molar-refractivity contribution is 7.19. The molecular weight excluding hydrogens is 284 g/mol. The number of carbonyl (C=O) groups excluding carboxylic acids is 1. The number of nitrogen functional groups attached to an aromatic ring is 1. The smallest absolute Gasteiger partial charge is 0.350 e. The molecule has 108 valence electrons. The molecule has 20 heavy (non-hydrogen) atoms. The summed E-state index contributed by atoms with van der Waals surface area (Å²) < 4.78 is 14.8. The topological polar surface area (TPSA) is 112 Å². The lowest BCUT2D eigenvalue weighted by Crippen LogP contribution is -2.05. The van der Waals surface area contributed by atoms with Crippen LogP contribution in [0.4, 0.5) is 10.7 Å². The molecule has 2 aromatic heterocycles. The quantitative estimate of drug-likeness (QED) is 0.772. The van der Waals surface area contributed by atoms with E-state index in [1.807, 2.05) is 0 Å². The highest BCUT2D eigenvalue weighted by atomic mass is 32.1. The lowest BCUT2D eigenvalue weighted by Gasteiger charge is -2.04. The summed E-state index contributed by atoms with van der Waals surface area (Å²) >= 11 is 1.16. The number of methoxy groups -OCH3 is 1. The Balaban J connectivity index is 2.19. The molecule has 0 unspecified atom stereocenters. The Hall–Kier alpha value is -2.29. The van der Waals surface area contributed by atoms with Gasteiger partial charge in [0.05, 0.1) is 20.3 Å². The first-order valence-corrected chi connectivity index (χ1v) is 6.61. The van der Waals surface area contributed by atoms with Gasteiger partial charge in [-0.1, -0.05) is 5.16 Å². The van der Waals surface area contributed by atoms with Crippen molar-refractivity contribution in [2.24, 2.45) is 0 Å². The van der Waals surface area contributed by atoms with Gasteiger partial charge in [0, 0.05) is 0 Å². The van der Waals surface area contributed by atoms with Crippen molar-refractivity contribution in [3.8, 4) is 5.75 Å². The molecule has 0 aromatic carbocycles. The average molecular weight is 298 g/mol. The lowest BCUT2D eigenvalue weighted by molar-refractivity contribution is 0.0533. The Bertz CT molecular complexity index is 582. The van der Waals surface area contributed by atoms with Gasteiger partial charge >= 0.3 is 5.97 Å². The number of aromatic nitrogens is 2. The summed E-state index contributed by atoms with van der Waals surface area (Å²) in [5.41, 5.74) is 6.15. The predicted molar refractivity (Wildman–Crippen MR) is 72.9 cm³/mol. The van der Waals surface area contributed by atoms with Crippen LogP contribution in [0.15, 0.2) is 10.9 Å². The number of anilines is 2. The van der Waals surface area contributed by atoms with Gasteiger partial charge in [0.1, 0.15) is 15.6 Å². The van der Waals surface area contributed by atoms with Crippen molar-refractivity contribution in [1.82, 2.24) is 10.1 Å². The van der Waals surface area contributed by atoms with Gasteiger partial charge in [-0.3, -0.25) is 0 Å². The summed E-state index contributed by atoms with van der Waals surface area (Å²) in [6.07, 6.45) is 1.24. The minimum Gasteiger partial charge on any atom is -0.492 e. The minimum atomic E-state index is -0.471. The van der Waals surface area contributed by atoms with Crippen LogP contribution in [0, 0.1) is 0 Å². The highest BCUT2D eigenvalue weighted by Crippen LogP contribution is 2.42. The molecule has 0 aliphatic rings. The van der Waals surface area contributed by atoms with Crippen molar-refractivity contribution in [3.63, 3.8) is 0 Å². The van der Waals surface area contributed by atoms with Crippen molar-refractivity contribution >= 4 is 28.0 Å². The van der Waals surface area contributed by atoms with Crippen molar-refractivity contribution < 1.29 is 18.8 Å². The number of thiophene rings is 1. The number of nitrogens with one attached hydrogen (secondary N) is 1. The number of nitrogens with zero attached hydrogens (tertiary/aromatic N) is 2. The molecule has 0 fully saturated rings. The van der Waals surface area contributed by atoms with Crippen molar-refractivity contribution in [2.75, 3.05) is 24.8 Å². The Morgan fingerprint density at radius 3 is 3.00 bits per heavy atom. The largest absolute Gasteiger partial charge is 0.492 e. The van der Waals surface area contributed by atoms with E-state index in [1.165, 1.54) is 13.5 Å². The molecule has 0 saturated carbocycles. The molecule has 2 aromatic rings. The van der Waals surface area contributed by atoms with Gasteiger partial charge in [-0.05, 0) is 6.92 Å². The zero-order chi connectivity index (χ0) is 14.5. The Morgan fingerprint density at radius 1 is 1.60 bits per heavy atom. The van der Waals surface area contributed by atoms with Crippen molar-refractivity contribution in [3.05, 3.63) is 17.1 Å². The maximum Gasteiger partial charge on any atom is 0.350 e. The second kappa shape index (κ2) is 6.24. The van der Waals surface area contributed by atoms with Gasteiger partial charge in [0.25, 0.3) is 0 Å². The van der Waals surface area contributed by atoms with Gasteiger partial charge in [-0.15, -0.1) is 11.3 Å². The number of hydrogen-bond donors (Lipinski definition) is 2. The summed E-state index contributed by atoms with van der Waals surface area (Å²) in [6.45, 7) is 2.34. The molecule has 0 amide bonds. The Labute approximate surface area is 118 Å². The minimum absolute atomic E-state index is 0.256. The molecule has 3 N–H and O–H groups in total. The summed E-state index contributed by atoms with van der Waals surface area (Å²) in [7, 11) is 1.48. The summed E-state index contributed by atoms with van der Waals surface area (Å²) in [4.78, 5) is 16.0. The van der Waals surface area contributed by atoms with E-state index in [2.05, 4.69) is 20.0 Å². The predicted octanol–water partition coefficient (Wildman–Crippen LogP) is 1.51. The number of rotatable bonds is 6. The Kier molecular flexibility index (Phi) is 4.41. The van der Waals surface area contributed by atoms with Crippen LogP contribution in [0.25, 0.3) is 0 Å². The van der Waals surface area contributed by atoms with Gasteiger partial charge in [0.2, 0.25) is 6.39 Å². The van der Waals surface area contributed by atoms with E-state index in [0.29, 0.717) is 28.0 Å². The van der Waals surface area contributed by atoms with Crippen LogP contribution in [0.1, 0.15) is 22.4 Å². The molecule has 9 heteroatoms. The third-order valence-electron chi connectivity index (χ3n) is 2.38. The van der Waals surface area contributed by atoms with Gasteiger partial charge in [0.15, 0.2) is 11.6 Å². The van der Waals surface area contributed by atoms with E-state index in [1.54, 1.807) is 6.92 Å². The SMILES string of the molecule is CCOC(=O)c1sc(NCc2ncon2)c(OC)c1N. The number of carbonyl (C=O) groups is 1. The highest BCUT2D eigenvalue weighted by Gasteiger charge is 2.22. The molecule has 2 rings (SSSR count). The van der Waals surface area contributed by atoms with E-state index in [9.17, 15) is 4.79 Å². The molecule has 0 bridgehead atoms. The van der Waals surface area contributed by atoms with Gasteiger partial charge in [-0.2, -0.15) is 4.98 Å². The normalized spacial score (nSPS) is 10.3. The molecule has 0 atom stereocenters. The molecule has 2 heterocycles. The van der Waals surface area contributed by atoms with E-state index in [4.69, 9.17) is 15.2 Å². The lowest BCUT2D eigenvalue weighted by atomic mass is 10.3. The fourth-order valence-corrected chi connectivity index (χ4v) is 2.51. The number of hydrogen-bond acceptors (Lipinski definition) is 9. The summed E-state index contributed by atoms with van der Waals surface area (Å²) in [6, 6.07) is 0. The molecular formula is C11H14N4O4S. The zero-order valence-corrected chi connectivity index (χ0v) is 11.8. The second-order valence-corrected chi connectivity index (χ2v) is 4.65. The third-order valence-corrected chi connectivity index (χ3v) is 3.50. The van der Waals surface area contributed by atoms with Crippen LogP contribution >= 0.6 is 11.3 Å². The monoisotopic (exact) mass is 298 g/mol. The molecule has 0 aliphatic heterocycles. The van der Waals surface area contributed by atoms with Gasteiger partial charge < -0.3 is 25.0 Å². The van der Waals surface area contributed by atoms with Crippen LogP contribution in [-0.4, -0.2) is 29.8 Å². The maximum absolute atomic E-state index is 11.8. The van der Waals surface area contributed by atoms with E-state index >= 15 is 0 Å². The first kappa shape index (κ1) is 14.1. The van der Waals surface area contributed by atoms with Crippen molar-refractivity contribution in [1.29, 1.82) is 0 Å². The van der Waals surface area contributed by atoms with Gasteiger partial charge in [-0.25, -0.2) is 4.79 Å². The number of ether oxygens (including phenoxy) is 2. The van der Waals surface area contributed by atoms with Crippen LogP contribution in [0.5, 0.6) is 5.75 Å². The van der Waals surface area contributed by atoms with Crippen LogP contribution in [-0.2, 0) is 11.3 Å². The average Bonchev–Trinajstić information content (AvgIpc) is 3.04. The van der Waals surface area contributed by atoms with Crippen LogP contribution in [0.3, 0.4) is 0 Å². The standard InChI is InChI=1S/C11H14N4O4S/c1-3-18-11(16)9-7(12)8(17-2)10(20-9)13-4-6-14-5-19-15-6/h5,13H,3-4,12H2,1-2H3. The fourth-order valence-electron chi connectivity index (χ4n) is 1.53. The molecule has 0 aliphatic carbocycles. The maximum atomic E-state index is 11.8. The molecule has 0 saturated heterocycles. The summed E-state index contributed by atoms with van der Waals surface area (Å²) in [5.74, 6) is 0.416. The second-order valence-electron chi connectivity index (χ2n) is 3.63. The molecule has 0 spiro atoms. The van der Waals surface area contributed by atoms with Crippen molar-refractivity contribution in [2.45, 2.75) is 13.5 Å². The van der Waals surface area contributed by atoms with Crippen LogP contribution in [0.2, 0.25) is 0 Å². The first-order chi connectivity index (χ1) is 9.67. The van der Waals surface area contributed by atoms with E-state index in [0.717, 1.165) is 11.3 Å². The molecule has 8 nitrogen and oxygen atoms in total. The van der Waals surface area contributed by atoms with E-state index < -0.39 is 5.97 Å². The third kappa shape index (κ3) is 2.82. The first-order valence-electron chi connectivity index (χ1n) is 5.79. The fraction of sp³-hybridized carbons (Fsp3) is 0.364. The van der Waals surface area contributed by atoms with Crippen LogP contribution < -0.4 is 15.8 Å². The number of esters is 1. The zero-order valence-electron chi connectivity index (χ0n) is 11.0. The number of nitrogens with two attached hydrogens (primary N) is 1. The van der Waals surface area contributed by atoms with E-state index in [-0.39, 0.29) is 12.3 Å². The Morgan fingerprint density at radius 2 is 2.40 bits per heavy atom. The molecule has 0 radical (unpaired) electrons.